The lowest BCUT2D eigenvalue weighted by molar-refractivity contribution is -0.165. The van der Waals surface area contributed by atoms with Crippen LogP contribution in [0.4, 0.5) is 0 Å². The lowest BCUT2D eigenvalue weighted by atomic mass is 9.98. The summed E-state index contributed by atoms with van der Waals surface area (Å²) >= 11 is 0. The zero-order valence-electron chi connectivity index (χ0n) is 15.7. The Labute approximate surface area is 163 Å². The van der Waals surface area contributed by atoms with E-state index >= 15 is 0 Å². The predicted molar refractivity (Wildman–Crippen MR) is 101 cm³/mol. The summed E-state index contributed by atoms with van der Waals surface area (Å²) in [5.74, 6) is 0.383. The minimum absolute atomic E-state index is 0.0786. The number of aromatic nitrogens is 1. The molecule has 2 atom stereocenters. The topological polar surface area (TPSA) is 80.8 Å². The molecular formula is C21H23N3O4. The summed E-state index contributed by atoms with van der Waals surface area (Å²) in [6.07, 6.45) is 4.50. The van der Waals surface area contributed by atoms with Gasteiger partial charge in [0.25, 0.3) is 5.91 Å². The third-order valence-corrected chi connectivity index (χ3v) is 5.13. The molecule has 1 aromatic carbocycles. The van der Waals surface area contributed by atoms with Crippen molar-refractivity contribution in [3.63, 3.8) is 0 Å². The fourth-order valence-corrected chi connectivity index (χ4v) is 3.65. The minimum atomic E-state index is -0.780. The number of methoxy groups -OCH3 is 1. The van der Waals surface area contributed by atoms with E-state index in [1.54, 1.807) is 19.5 Å². The summed E-state index contributed by atoms with van der Waals surface area (Å²) in [5.41, 5.74) is 1.68. The maximum atomic E-state index is 13.0. The third-order valence-electron chi connectivity index (χ3n) is 5.13. The molecule has 1 N–H and O–H groups in total. The van der Waals surface area contributed by atoms with Gasteiger partial charge in [-0.3, -0.25) is 14.6 Å². The molecule has 2 amide bonds. The smallest absolute Gasteiger partial charge is 0.251 e. The van der Waals surface area contributed by atoms with E-state index in [-0.39, 0.29) is 24.5 Å². The molecule has 0 bridgehead atoms. The summed E-state index contributed by atoms with van der Waals surface area (Å²) in [6, 6.07) is 10.9. The number of rotatable bonds is 6. The zero-order valence-corrected chi connectivity index (χ0v) is 15.7. The molecule has 7 heteroatoms. The number of nitrogens with one attached hydrogen (secondary N) is 1. The van der Waals surface area contributed by atoms with E-state index in [1.807, 2.05) is 41.3 Å². The van der Waals surface area contributed by atoms with Crippen molar-refractivity contribution in [2.24, 2.45) is 0 Å². The number of morpholine rings is 1. The molecule has 0 unspecified atom stereocenters. The Morgan fingerprint density at radius 2 is 2.11 bits per heavy atom. The van der Waals surface area contributed by atoms with Crippen molar-refractivity contribution in [3.8, 4) is 5.75 Å². The highest BCUT2D eigenvalue weighted by Crippen LogP contribution is 2.39. The highest BCUT2D eigenvalue weighted by atomic mass is 16.5. The first-order valence-corrected chi connectivity index (χ1v) is 9.41. The maximum absolute atomic E-state index is 13.0. The molecule has 2 aromatic rings. The zero-order chi connectivity index (χ0) is 19.5. The summed E-state index contributed by atoms with van der Waals surface area (Å²) in [4.78, 5) is 31.5. The van der Waals surface area contributed by atoms with Crippen LogP contribution in [0.15, 0.2) is 48.8 Å². The van der Waals surface area contributed by atoms with Crippen LogP contribution in [-0.2, 0) is 20.9 Å². The van der Waals surface area contributed by atoms with Crippen molar-refractivity contribution in [2.75, 3.05) is 13.7 Å². The third kappa shape index (κ3) is 3.71. The number of ether oxygens (including phenoxy) is 2. The fourth-order valence-electron chi connectivity index (χ4n) is 3.65. The van der Waals surface area contributed by atoms with Crippen molar-refractivity contribution >= 4 is 11.8 Å². The average molecular weight is 381 g/mol. The second-order valence-corrected chi connectivity index (χ2v) is 7.02. The largest absolute Gasteiger partial charge is 0.496 e. The number of hydrogen-bond acceptors (Lipinski definition) is 5. The number of carbonyl (C=O) groups excluding carboxylic acids is 2. The number of amides is 2. The van der Waals surface area contributed by atoms with Gasteiger partial charge in [0.15, 0.2) is 6.10 Å². The second-order valence-electron chi connectivity index (χ2n) is 7.02. The van der Waals surface area contributed by atoms with E-state index in [0.29, 0.717) is 12.3 Å². The Hall–Kier alpha value is -2.93. The van der Waals surface area contributed by atoms with Crippen molar-refractivity contribution in [2.45, 2.75) is 37.6 Å². The second kappa shape index (κ2) is 7.98. The molecule has 1 saturated carbocycles. The van der Waals surface area contributed by atoms with Crippen LogP contribution in [0.5, 0.6) is 5.75 Å². The monoisotopic (exact) mass is 381 g/mol. The summed E-state index contributed by atoms with van der Waals surface area (Å²) < 4.78 is 11.1. The van der Waals surface area contributed by atoms with Gasteiger partial charge in [0.1, 0.15) is 12.4 Å². The Morgan fingerprint density at radius 3 is 2.82 bits per heavy atom. The Morgan fingerprint density at radius 1 is 1.29 bits per heavy atom. The Bertz CT molecular complexity index is 854. The summed E-state index contributed by atoms with van der Waals surface area (Å²) in [5, 5.41) is 2.94. The average Bonchev–Trinajstić information content (AvgIpc) is 3.57. The van der Waals surface area contributed by atoms with Crippen LogP contribution < -0.4 is 10.1 Å². The highest BCUT2D eigenvalue weighted by Gasteiger charge is 2.47. The number of pyridine rings is 1. The van der Waals surface area contributed by atoms with Gasteiger partial charge >= 0.3 is 0 Å². The van der Waals surface area contributed by atoms with Crippen LogP contribution in [-0.4, -0.2) is 47.6 Å². The lowest BCUT2D eigenvalue weighted by Gasteiger charge is -2.40. The molecule has 0 spiro atoms. The summed E-state index contributed by atoms with van der Waals surface area (Å²) in [7, 11) is 1.60. The molecule has 146 valence electrons. The van der Waals surface area contributed by atoms with Crippen LogP contribution >= 0.6 is 0 Å². The number of carbonyl (C=O) groups is 2. The molecule has 2 heterocycles. The SMILES string of the molecule is COc1ccccc1CNC(=O)[C@H]1OCC(=O)N(C2CC2)[C@@H]1c1cccnc1. The number of benzene rings is 1. The van der Waals surface area contributed by atoms with Gasteiger partial charge in [0.05, 0.1) is 13.2 Å². The van der Waals surface area contributed by atoms with Crippen molar-refractivity contribution in [1.82, 2.24) is 15.2 Å². The van der Waals surface area contributed by atoms with E-state index < -0.39 is 12.1 Å². The van der Waals surface area contributed by atoms with Crippen molar-refractivity contribution in [1.29, 1.82) is 0 Å². The minimum Gasteiger partial charge on any atom is -0.496 e. The van der Waals surface area contributed by atoms with Crippen LogP contribution in [0, 0.1) is 0 Å². The molecule has 2 aliphatic rings. The highest BCUT2D eigenvalue weighted by molar-refractivity contribution is 5.86. The molecule has 28 heavy (non-hydrogen) atoms. The molecule has 1 saturated heterocycles. The van der Waals surface area contributed by atoms with Gasteiger partial charge in [-0.05, 0) is 30.5 Å². The molecule has 7 nitrogen and oxygen atoms in total. The van der Waals surface area contributed by atoms with Gasteiger partial charge in [-0.2, -0.15) is 0 Å². The van der Waals surface area contributed by atoms with Crippen LogP contribution in [0.2, 0.25) is 0 Å². The van der Waals surface area contributed by atoms with Gasteiger partial charge in [-0.1, -0.05) is 24.3 Å². The lowest BCUT2D eigenvalue weighted by Crippen LogP contribution is -2.55. The normalized spacial score (nSPS) is 22.0. The van der Waals surface area contributed by atoms with E-state index in [0.717, 1.165) is 24.0 Å². The van der Waals surface area contributed by atoms with Crippen LogP contribution in [0.1, 0.15) is 30.0 Å². The van der Waals surface area contributed by atoms with E-state index in [9.17, 15) is 9.59 Å². The van der Waals surface area contributed by atoms with E-state index in [4.69, 9.17) is 9.47 Å². The number of nitrogens with zero attached hydrogens (tertiary/aromatic N) is 2. The first-order valence-electron chi connectivity index (χ1n) is 9.41. The Kier molecular flexibility index (Phi) is 5.25. The van der Waals surface area contributed by atoms with Gasteiger partial charge in [0, 0.05) is 30.5 Å². The van der Waals surface area contributed by atoms with E-state index in [1.165, 1.54) is 0 Å². The van der Waals surface area contributed by atoms with Gasteiger partial charge < -0.3 is 19.7 Å². The predicted octanol–water partition coefficient (Wildman–Crippen LogP) is 1.84. The molecule has 1 aliphatic heterocycles. The molecular weight excluding hydrogens is 358 g/mol. The molecule has 1 aromatic heterocycles. The quantitative estimate of drug-likeness (QED) is 0.826. The number of para-hydroxylation sites is 1. The molecule has 2 fully saturated rings. The van der Waals surface area contributed by atoms with Gasteiger partial charge in [-0.15, -0.1) is 0 Å². The van der Waals surface area contributed by atoms with Crippen LogP contribution in [0.25, 0.3) is 0 Å². The van der Waals surface area contributed by atoms with Gasteiger partial charge in [-0.25, -0.2) is 0 Å². The first kappa shape index (κ1) is 18.4. The standard InChI is InChI=1S/C21H23N3O4/c1-27-17-7-3-2-5-14(17)12-23-21(26)20-19(15-6-4-10-22-11-15)24(16-8-9-16)18(25)13-28-20/h2-7,10-11,16,19-20H,8-9,12-13H2,1H3,(H,23,26)/t19-,20+/m1/s1. The fraction of sp³-hybridized carbons (Fsp3) is 0.381. The van der Waals surface area contributed by atoms with Crippen molar-refractivity contribution < 1.29 is 19.1 Å². The Balaban J connectivity index is 1.55. The molecule has 1 aliphatic carbocycles. The van der Waals surface area contributed by atoms with E-state index in [2.05, 4.69) is 10.3 Å². The first-order chi connectivity index (χ1) is 13.7. The van der Waals surface area contributed by atoms with Crippen molar-refractivity contribution in [3.05, 3.63) is 59.9 Å². The van der Waals surface area contributed by atoms with Crippen LogP contribution in [0.3, 0.4) is 0 Å². The molecule has 0 radical (unpaired) electrons. The maximum Gasteiger partial charge on any atom is 0.251 e. The van der Waals surface area contributed by atoms with Gasteiger partial charge in [0.2, 0.25) is 5.91 Å². The number of hydrogen-bond donors (Lipinski definition) is 1. The summed E-state index contributed by atoms with van der Waals surface area (Å²) in [6.45, 7) is 0.236. The molecule has 4 rings (SSSR count).